The molecule has 8 atom stereocenters. The van der Waals surface area contributed by atoms with Crippen LogP contribution in [0.4, 0.5) is 0 Å². The highest BCUT2D eigenvalue weighted by Gasteiger charge is 2.69. The second-order valence-electron chi connectivity index (χ2n) is 14.6. The van der Waals surface area contributed by atoms with Crippen LogP contribution in [0.15, 0.2) is 12.2 Å². The number of aliphatic hydroxyl groups is 1. The second-order valence-corrected chi connectivity index (χ2v) is 14.6. The smallest absolute Gasteiger partial charge is 0.138 e. The summed E-state index contributed by atoms with van der Waals surface area (Å²) in [4.78, 5) is 17.4. The Kier molecular flexibility index (Phi) is 6.32. The van der Waals surface area contributed by atoms with Gasteiger partial charge >= 0.3 is 0 Å². The van der Waals surface area contributed by atoms with E-state index in [-0.39, 0.29) is 27.6 Å². The van der Waals surface area contributed by atoms with E-state index in [1.807, 2.05) is 32.9 Å². The molecule has 2 N–H and O–H groups in total. The van der Waals surface area contributed by atoms with Crippen molar-refractivity contribution >= 4 is 5.78 Å². The summed E-state index contributed by atoms with van der Waals surface area (Å²) in [5.74, 6) is 2.42. The van der Waals surface area contributed by atoms with E-state index < -0.39 is 11.2 Å². The SMILES string of the molecule is CC(C)(/C=C/C[C@](C)(O)[C@H]1CC[C@]2(C)[C@H]1CC[C@@H]1[C@@]3(C)CCC(=O)C(C)(C)[C@@H]3CC[C@]12C)OO. The summed E-state index contributed by atoms with van der Waals surface area (Å²) >= 11 is 0. The average molecular weight is 475 g/mol. The molecule has 194 valence electrons. The third-order valence-electron chi connectivity index (χ3n) is 12.2. The number of hydrogen-bond acceptors (Lipinski definition) is 4. The van der Waals surface area contributed by atoms with Gasteiger partial charge in [0.1, 0.15) is 11.4 Å². The Bertz CT molecular complexity index is 841. The van der Waals surface area contributed by atoms with Crippen LogP contribution >= 0.6 is 0 Å². The molecular weight excluding hydrogens is 424 g/mol. The summed E-state index contributed by atoms with van der Waals surface area (Å²) in [7, 11) is 0. The lowest BCUT2D eigenvalue weighted by Crippen LogP contribution is -2.63. The number of rotatable bonds is 5. The molecule has 0 aromatic carbocycles. The van der Waals surface area contributed by atoms with Crippen LogP contribution in [0.25, 0.3) is 0 Å². The van der Waals surface area contributed by atoms with E-state index in [0.29, 0.717) is 30.0 Å². The van der Waals surface area contributed by atoms with Crippen molar-refractivity contribution in [2.45, 2.75) is 124 Å². The Morgan fingerprint density at radius 3 is 2.24 bits per heavy atom. The van der Waals surface area contributed by atoms with Crippen LogP contribution in [0.5, 0.6) is 0 Å². The molecule has 4 aliphatic rings. The molecule has 0 unspecified atom stereocenters. The molecule has 0 heterocycles. The lowest BCUT2D eigenvalue weighted by molar-refractivity contribution is -0.297. The number of ketones is 1. The predicted molar refractivity (Wildman–Crippen MR) is 136 cm³/mol. The summed E-state index contributed by atoms with van der Waals surface area (Å²) in [5.41, 5.74) is -1.00. The minimum Gasteiger partial charge on any atom is -0.390 e. The Morgan fingerprint density at radius 1 is 0.941 bits per heavy atom. The summed E-state index contributed by atoms with van der Waals surface area (Å²) in [6, 6.07) is 0. The van der Waals surface area contributed by atoms with Gasteiger partial charge in [0.25, 0.3) is 0 Å². The number of carbonyl (C=O) groups is 1. The highest BCUT2D eigenvalue weighted by Crippen LogP contribution is 2.75. The van der Waals surface area contributed by atoms with Crippen molar-refractivity contribution in [2.24, 2.45) is 45.3 Å². The zero-order valence-electron chi connectivity index (χ0n) is 23.0. The van der Waals surface area contributed by atoms with Crippen LogP contribution in [0, 0.1) is 45.3 Å². The summed E-state index contributed by atoms with van der Waals surface area (Å²) in [6.45, 7) is 17.7. The molecule has 0 aromatic rings. The molecule has 0 spiro atoms. The lowest BCUT2D eigenvalue weighted by Gasteiger charge is -2.69. The molecule has 4 saturated carbocycles. The van der Waals surface area contributed by atoms with E-state index in [1.54, 1.807) is 0 Å². The molecule has 0 bridgehead atoms. The van der Waals surface area contributed by atoms with E-state index >= 15 is 0 Å². The predicted octanol–water partition coefficient (Wildman–Crippen LogP) is 7.21. The maximum Gasteiger partial charge on any atom is 0.138 e. The topological polar surface area (TPSA) is 66.8 Å². The first-order chi connectivity index (χ1) is 15.6. The monoisotopic (exact) mass is 474 g/mol. The van der Waals surface area contributed by atoms with Gasteiger partial charge in [-0.3, -0.25) is 10.1 Å². The first kappa shape index (κ1) is 26.4. The van der Waals surface area contributed by atoms with Gasteiger partial charge in [-0.15, -0.1) is 0 Å². The molecule has 0 saturated heterocycles. The van der Waals surface area contributed by atoms with Crippen molar-refractivity contribution in [1.29, 1.82) is 0 Å². The minimum absolute atomic E-state index is 0.202. The van der Waals surface area contributed by atoms with Crippen LogP contribution in [0.2, 0.25) is 0 Å². The molecule has 4 rings (SSSR count). The van der Waals surface area contributed by atoms with Crippen molar-refractivity contribution in [2.75, 3.05) is 0 Å². The fraction of sp³-hybridized carbons (Fsp3) is 0.900. The lowest BCUT2D eigenvalue weighted by atomic mass is 9.35. The summed E-state index contributed by atoms with van der Waals surface area (Å²) < 4.78 is 0. The van der Waals surface area contributed by atoms with Crippen LogP contribution in [-0.4, -0.2) is 27.3 Å². The number of carbonyl (C=O) groups excluding carboxylic acids is 1. The second kappa shape index (κ2) is 8.15. The number of hydrogen-bond donors (Lipinski definition) is 2. The van der Waals surface area contributed by atoms with Crippen molar-refractivity contribution in [1.82, 2.24) is 0 Å². The summed E-state index contributed by atoms with van der Waals surface area (Å²) in [5, 5.41) is 20.7. The minimum atomic E-state index is -0.770. The van der Waals surface area contributed by atoms with Gasteiger partial charge < -0.3 is 5.11 Å². The fourth-order valence-corrected chi connectivity index (χ4v) is 10.1. The maximum atomic E-state index is 12.9. The van der Waals surface area contributed by atoms with Gasteiger partial charge in [-0.05, 0) is 112 Å². The summed E-state index contributed by atoms with van der Waals surface area (Å²) in [6.07, 6.45) is 13.2. The van der Waals surface area contributed by atoms with Crippen molar-refractivity contribution < 1.29 is 20.0 Å². The molecule has 34 heavy (non-hydrogen) atoms. The fourth-order valence-electron chi connectivity index (χ4n) is 10.1. The van der Waals surface area contributed by atoms with Crippen LogP contribution < -0.4 is 0 Å². The van der Waals surface area contributed by atoms with Crippen LogP contribution in [0.1, 0.15) is 113 Å². The zero-order chi connectivity index (χ0) is 25.4. The van der Waals surface area contributed by atoms with E-state index in [0.717, 1.165) is 25.7 Å². The number of fused-ring (bicyclic) bond motifs is 5. The van der Waals surface area contributed by atoms with Crippen molar-refractivity contribution in [3.05, 3.63) is 12.2 Å². The molecule has 4 fully saturated rings. The normalized spacial score (nSPS) is 46.0. The van der Waals surface area contributed by atoms with E-state index in [9.17, 15) is 9.90 Å². The van der Waals surface area contributed by atoms with E-state index in [4.69, 9.17) is 5.26 Å². The maximum absolute atomic E-state index is 12.9. The highest BCUT2D eigenvalue weighted by molar-refractivity contribution is 5.85. The van der Waals surface area contributed by atoms with Crippen LogP contribution in [-0.2, 0) is 9.68 Å². The third-order valence-corrected chi connectivity index (χ3v) is 12.2. The van der Waals surface area contributed by atoms with Gasteiger partial charge in [-0.25, -0.2) is 4.89 Å². The Morgan fingerprint density at radius 2 is 1.59 bits per heavy atom. The van der Waals surface area contributed by atoms with Crippen molar-refractivity contribution in [3.63, 3.8) is 0 Å². The Hall–Kier alpha value is -0.710. The molecule has 0 radical (unpaired) electrons. The molecule has 4 heteroatoms. The standard InChI is InChI=1S/C30H50O4/c1-25(2,34-33)15-9-16-30(8,32)21-12-18-28(6)20(21)10-11-23-27(5)17-14-24(31)26(3,4)22(27)13-19-29(23,28)7/h9,15,20-23,32-33H,10-14,16-19H2,1-8H3/b15-9+/t20-,21-,22-,23+,27-,28+,29+,30-/m0/s1. The third kappa shape index (κ3) is 3.68. The largest absolute Gasteiger partial charge is 0.390 e. The first-order valence-electron chi connectivity index (χ1n) is 13.8. The van der Waals surface area contributed by atoms with E-state index in [2.05, 4.69) is 39.5 Å². The zero-order valence-corrected chi connectivity index (χ0v) is 23.0. The van der Waals surface area contributed by atoms with Gasteiger partial charge in [0.15, 0.2) is 0 Å². The quantitative estimate of drug-likeness (QED) is 0.251. The average Bonchev–Trinajstić information content (AvgIpc) is 3.10. The van der Waals surface area contributed by atoms with E-state index in [1.165, 1.54) is 25.7 Å². The first-order valence-corrected chi connectivity index (χ1v) is 13.8. The molecule has 0 aromatic heterocycles. The Balaban J connectivity index is 1.60. The van der Waals surface area contributed by atoms with Gasteiger partial charge in [-0.2, -0.15) is 0 Å². The molecular formula is C30H50O4. The van der Waals surface area contributed by atoms with Crippen molar-refractivity contribution in [3.8, 4) is 0 Å². The molecule has 0 amide bonds. The molecule has 4 nitrogen and oxygen atoms in total. The molecule has 0 aliphatic heterocycles. The van der Waals surface area contributed by atoms with Crippen LogP contribution in [0.3, 0.4) is 0 Å². The Labute approximate surface area is 207 Å². The van der Waals surface area contributed by atoms with Gasteiger partial charge in [-0.1, -0.05) is 46.8 Å². The highest BCUT2D eigenvalue weighted by atomic mass is 17.1. The van der Waals surface area contributed by atoms with Gasteiger partial charge in [0, 0.05) is 11.8 Å². The molecule has 4 aliphatic carbocycles. The number of Topliss-reactive ketones (excluding diaryl/α,β-unsaturated/α-hetero) is 1. The van der Waals surface area contributed by atoms with Gasteiger partial charge in [0.2, 0.25) is 0 Å². The van der Waals surface area contributed by atoms with Gasteiger partial charge in [0.05, 0.1) is 5.60 Å².